The van der Waals surface area contributed by atoms with Crippen LogP contribution in [0.3, 0.4) is 0 Å². The van der Waals surface area contributed by atoms with Crippen molar-refractivity contribution in [1.29, 1.82) is 0 Å². The van der Waals surface area contributed by atoms with E-state index in [1.54, 1.807) is 0 Å². The van der Waals surface area contributed by atoms with Gasteiger partial charge in [-0.2, -0.15) is 0 Å². The minimum absolute atomic E-state index is 0.107. The molecule has 1 fully saturated rings. The molecule has 1 heterocycles. The number of anilines is 1. The van der Waals surface area contributed by atoms with Gasteiger partial charge in [-0.05, 0) is 30.5 Å². The van der Waals surface area contributed by atoms with Gasteiger partial charge < -0.3 is 15.8 Å². The zero-order valence-electron chi connectivity index (χ0n) is 12.0. The van der Waals surface area contributed by atoms with Crippen LogP contribution in [0.5, 0.6) is 0 Å². The number of nitrogens with one attached hydrogen (secondary N) is 1. The van der Waals surface area contributed by atoms with Crippen LogP contribution in [-0.4, -0.2) is 34.3 Å². The van der Waals surface area contributed by atoms with E-state index >= 15 is 0 Å². The van der Waals surface area contributed by atoms with E-state index in [4.69, 9.17) is 10.5 Å². The summed E-state index contributed by atoms with van der Waals surface area (Å²) in [5.74, 6) is 0.794. The quantitative estimate of drug-likeness (QED) is 0.797. The minimum Gasteiger partial charge on any atom is -0.377 e. The van der Waals surface area contributed by atoms with Crippen molar-refractivity contribution in [2.24, 2.45) is 5.73 Å². The predicted molar refractivity (Wildman–Crippen MR) is 84.4 cm³/mol. The fourth-order valence-electron chi connectivity index (χ4n) is 2.27. The van der Waals surface area contributed by atoms with Crippen molar-refractivity contribution >= 4 is 22.4 Å². The maximum atomic E-state index is 11.9. The topological polar surface area (TPSA) is 81.4 Å². The Morgan fingerprint density at radius 1 is 1.48 bits per heavy atom. The Bertz CT molecular complexity index is 501. The van der Waals surface area contributed by atoms with Crippen LogP contribution in [0, 0.1) is 0 Å². The minimum atomic E-state index is -1.00. The molecule has 2 rings (SSSR count). The first kappa shape index (κ1) is 16.1. The molecular weight excluding hydrogens is 288 g/mol. The lowest BCUT2D eigenvalue weighted by atomic mass is 10.2. The summed E-state index contributed by atoms with van der Waals surface area (Å²) >= 11 is 0. The molecule has 6 heteroatoms. The van der Waals surface area contributed by atoms with Crippen LogP contribution < -0.4 is 11.1 Å². The molecule has 0 aliphatic carbocycles. The molecule has 0 aromatic heterocycles. The smallest absolute Gasteiger partial charge is 0.225 e. The van der Waals surface area contributed by atoms with Gasteiger partial charge in [0.15, 0.2) is 0 Å². The summed E-state index contributed by atoms with van der Waals surface area (Å²) in [5.41, 5.74) is 7.26. The third kappa shape index (κ3) is 5.57. The number of ether oxygens (including phenoxy) is 1. The Hall–Kier alpha value is -1.24. The number of carbonyl (C=O) groups excluding carboxylic acids is 1. The van der Waals surface area contributed by atoms with Crippen molar-refractivity contribution in [3.63, 3.8) is 0 Å². The second kappa shape index (κ2) is 8.26. The SMILES string of the molecule is NCc1cccc(NC(=O)CCS(=O)CC2CCCO2)c1. The highest BCUT2D eigenvalue weighted by molar-refractivity contribution is 7.85. The van der Waals surface area contributed by atoms with Crippen LogP contribution in [-0.2, 0) is 26.9 Å². The number of carbonyl (C=O) groups is 1. The standard InChI is InChI=1S/C15H22N2O3S/c16-10-12-3-1-4-13(9-12)17-15(18)6-8-21(19)11-14-5-2-7-20-14/h1,3-4,9,14H,2,5-8,10-11,16H2,(H,17,18). The molecule has 2 unspecified atom stereocenters. The molecule has 2 atom stereocenters. The number of benzene rings is 1. The highest BCUT2D eigenvalue weighted by atomic mass is 32.2. The van der Waals surface area contributed by atoms with E-state index in [2.05, 4.69) is 5.32 Å². The normalized spacial score (nSPS) is 19.4. The fraction of sp³-hybridized carbons (Fsp3) is 0.533. The average Bonchev–Trinajstić information content (AvgIpc) is 2.98. The molecule has 0 spiro atoms. The highest BCUT2D eigenvalue weighted by Gasteiger charge is 2.18. The van der Waals surface area contributed by atoms with Crippen molar-refractivity contribution in [2.75, 3.05) is 23.4 Å². The largest absolute Gasteiger partial charge is 0.377 e. The van der Waals surface area contributed by atoms with E-state index in [-0.39, 0.29) is 18.4 Å². The average molecular weight is 310 g/mol. The molecule has 5 nitrogen and oxygen atoms in total. The van der Waals surface area contributed by atoms with E-state index in [1.807, 2.05) is 24.3 Å². The molecule has 21 heavy (non-hydrogen) atoms. The summed E-state index contributed by atoms with van der Waals surface area (Å²) in [6.45, 7) is 1.20. The van der Waals surface area contributed by atoms with E-state index in [0.717, 1.165) is 30.7 Å². The van der Waals surface area contributed by atoms with Gasteiger partial charge in [0.05, 0.1) is 6.10 Å². The van der Waals surface area contributed by atoms with Crippen LogP contribution in [0.4, 0.5) is 5.69 Å². The zero-order valence-corrected chi connectivity index (χ0v) is 12.9. The highest BCUT2D eigenvalue weighted by Crippen LogP contribution is 2.14. The molecule has 3 N–H and O–H groups in total. The van der Waals surface area contributed by atoms with Gasteiger partial charge >= 0.3 is 0 Å². The van der Waals surface area contributed by atoms with Gasteiger partial charge in [-0.15, -0.1) is 0 Å². The second-order valence-corrected chi connectivity index (χ2v) is 6.77. The number of rotatable bonds is 7. The molecular formula is C15H22N2O3S. The lowest BCUT2D eigenvalue weighted by Gasteiger charge is -2.09. The van der Waals surface area contributed by atoms with Gasteiger partial charge in [-0.1, -0.05) is 12.1 Å². The Labute approximate surface area is 127 Å². The number of hydrogen-bond acceptors (Lipinski definition) is 4. The van der Waals surface area contributed by atoms with E-state index in [9.17, 15) is 9.00 Å². The van der Waals surface area contributed by atoms with Crippen LogP contribution in [0.2, 0.25) is 0 Å². The molecule has 1 aliphatic rings. The number of nitrogens with two attached hydrogens (primary N) is 1. The summed E-state index contributed by atoms with van der Waals surface area (Å²) in [6, 6.07) is 7.43. The molecule has 1 aromatic carbocycles. The Morgan fingerprint density at radius 2 is 2.33 bits per heavy atom. The Balaban J connectivity index is 1.72. The van der Waals surface area contributed by atoms with Crippen molar-refractivity contribution in [3.05, 3.63) is 29.8 Å². The van der Waals surface area contributed by atoms with E-state index < -0.39 is 10.8 Å². The molecule has 0 radical (unpaired) electrons. The monoisotopic (exact) mass is 310 g/mol. The first-order valence-corrected chi connectivity index (χ1v) is 8.71. The van der Waals surface area contributed by atoms with Crippen LogP contribution in [0.1, 0.15) is 24.8 Å². The number of amides is 1. The van der Waals surface area contributed by atoms with Crippen LogP contribution >= 0.6 is 0 Å². The van der Waals surface area contributed by atoms with Crippen LogP contribution in [0.25, 0.3) is 0 Å². The predicted octanol–water partition coefficient (Wildman–Crippen LogP) is 1.40. The lowest BCUT2D eigenvalue weighted by Crippen LogP contribution is -2.20. The third-order valence-electron chi connectivity index (χ3n) is 3.40. The second-order valence-electron chi connectivity index (χ2n) is 5.15. The summed E-state index contributed by atoms with van der Waals surface area (Å²) in [7, 11) is -1.00. The molecule has 0 saturated carbocycles. The van der Waals surface area contributed by atoms with Gasteiger partial charge in [-0.3, -0.25) is 9.00 Å². The van der Waals surface area contributed by atoms with Gasteiger partial charge in [0.25, 0.3) is 0 Å². The zero-order chi connectivity index (χ0) is 15.1. The Kier molecular flexibility index (Phi) is 6.35. The molecule has 1 aromatic rings. The Morgan fingerprint density at radius 3 is 3.05 bits per heavy atom. The van der Waals surface area contributed by atoms with Crippen LogP contribution in [0.15, 0.2) is 24.3 Å². The third-order valence-corrected chi connectivity index (χ3v) is 4.80. The van der Waals surface area contributed by atoms with Crippen molar-refractivity contribution in [3.8, 4) is 0 Å². The molecule has 116 valence electrons. The molecule has 1 saturated heterocycles. The maximum absolute atomic E-state index is 11.9. The van der Waals surface area contributed by atoms with Crippen molar-refractivity contribution in [1.82, 2.24) is 0 Å². The maximum Gasteiger partial charge on any atom is 0.225 e. The fourth-order valence-corrected chi connectivity index (χ4v) is 3.53. The number of hydrogen-bond donors (Lipinski definition) is 2. The first-order valence-electron chi connectivity index (χ1n) is 7.23. The van der Waals surface area contributed by atoms with Crippen molar-refractivity contribution in [2.45, 2.75) is 31.9 Å². The van der Waals surface area contributed by atoms with Gasteiger partial charge in [-0.25, -0.2) is 0 Å². The summed E-state index contributed by atoms with van der Waals surface area (Å²) in [5, 5.41) is 2.81. The van der Waals surface area contributed by atoms with E-state index in [0.29, 0.717) is 18.1 Å². The summed E-state index contributed by atoms with van der Waals surface area (Å²) < 4.78 is 17.3. The van der Waals surface area contributed by atoms with Gasteiger partial charge in [0.2, 0.25) is 5.91 Å². The summed E-state index contributed by atoms with van der Waals surface area (Å²) in [6.07, 6.45) is 2.38. The van der Waals surface area contributed by atoms with Gasteiger partial charge in [0, 0.05) is 47.6 Å². The van der Waals surface area contributed by atoms with Gasteiger partial charge in [0.1, 0.15) is 0 Å². The first-order chi connectivity index (χ1) is 10.2. The summed E-state index contributed by atoms with van der Waals surface area (Å²) in [4.78, 5) is 11.8. The molecule has 0 bridgehead atoms. The lowest BCUT2D eigenvalue weighted by molar-refractivity contribution is -0.115. The van der Waals surface area contributed by atoms with Crippen molar-refractivity contribution < 1.29 is 13.7 Å². The molecule has 1 amide bonds. The van der Waals surface area contributed by atoms with E-state index in [1.165, 1.54) is 0 Å². The molecule has 1 aliphatic heterocycles.